The zero-order valence-corrected chi connectivity index (χ0v) is 11.1. The van der Waals surface area contributed by atoms with E-state index in [1.165, 1.54) is 30.3 Å². The van der Waals surface area contributed by atoms with Crippen molar-refractivity contribution >= 4 is 21.6 Å². The first-order valence-electron chi connectivity index (χ1n) is 5.28. The Morgan fingerprint density at radius 1 is 1.05 bits per heavy atom. The maximum Gasteiger partial charge on any atom is 0.267 e. The highest BCUT2D eigenvalue weighted by molar-refractivity contribution is 9.10. The third kappa shape index (κ3) is 3.20. The highest BCUT2D eigenvalue weighted by Gasteiger charge is 2.16. The lowest BCUT2D eigenvalue weighted by Gasteiger charge is -2.12. The number of alkyl halides is 2. The molecule has 100 valence electrons. The minimum Gasteiger partial charge on any atom is -0.454 e. The summed E-state index contributed by atoms with van der Waals surface area (Å²) in [6.45, 7) is 0. The first-order valence-corrected chi connectivity index (χ1v) is 6.07. The van der Waals surface area contributed by atoms with Crippen LogP contribution in [0.15, 0.2) is 40.9 Å². The van der Waals surface area contributed by atoms with Crippen molar-refractivity contribution in [2.24, 2.45) is 0 Å². The first kappa shape index (κ1) is 13.7. The molecule has 0 heterocycles. The van der Waals surface area contributed by atoms with Gasteiger partial charge in [0.2, 0.25) is 0 Å². The van der Waals surface area contributed by atoms with Crippen LogP contribution in [-0.4, -0.2) is 0 Å². The van der Waals surface area contributed by atoms with Crippen LogP contribution in [0.4, 0.5) is 18.9 Å². The summed E-state index contributed by atoms with van der Waals surface area (Å²) in [5.74, 6) is -0.900. The molecule has 2 aromatic carbocycles. The van der Waals surface area contributed by atoms with E-state index < -0.39 is 12.2 Å². The van der Waals surface area contributed by atoms with Gasteiger partial charge in [-0.25, -0.2) is 13.2 Å². The van der Waals surface area contributed by atoms with Gasteiger partial charge in [-0.05, 0) is 36.4 Å². The van der Waals surface area contributed by atoms with E-state index in [9.17, 15) is 13.2 Å². The Balaban J connectivity index is 2.40. The molecule has 0 radical (unpaired) electrons. The van der Waals surface area contributed by atoms with E-state index in [1.54, 1.807) is 0 Å². The van der Waals surface area contributed by atoms with Gasteiger partial charge in [-0.15, -0.1) is 0 Å². The van der Waals surface area contributed by atoms with Crippen molar-refractivity contribution in [3.63, 3.8) is 0 Å². The summed E-state index contributed by atoms with van der Waals surface area (Å²) in [7, 11) is 0. The number of benzene rings is 2. The van der Waals surface area contributed by atoms with Gasteiger partial charge in [-0.2, -0.15) is 0 Å². The van der Waals surface area contributed by atoms with Gasteiger partial charge in [-0.1, -0.05) is 15.9 Å². The molecule has 0 atom stereocenters. The standard InChI is InChI=1S/C13H9BrF3NO/c14-7-1-3-10(15)12(5-7)19-11-4-2-8(18)6-9(11)13(16)17/h1-6,13H,18H2. The zero-order chi connectivity index (χ0) is 14.0. The van der Waals surface area contributed by atoms with Gasteiger partial charge in [0.15, 0.2) is 11.6 Å². The summed E-state index contributed by atoms with van der Waals surface area (Å²) in [4.78, 5) is 0. The van der Waals surface area contributed by atoms with Crippen molar-refractivity contribution in [2.45, 2.75) is 6.43 Å². The van der Waals surface area contributed by atoms with Gasteiger partial charge in [-0.3, -0.25) is 0 Å². The molecule has 6 heteroatoms. The summed E-state index contributed by atoms with van der Waals surface area (Å²) in [5.41, 5.74) is 5.26. The topological polar surface area (TPSA) is 35.2 Å². The molecule has 0 bridgehead atoms. The molecule has 0 saturated carbocycles. The fourth-order valence-corrected chi connectivity index (χ4v) is 1.84. The van der Waals surface area contributed by atoms with E-state index in [0.29, 0.717) is 4.47 Å². The third-order valence-corrected chi connectivity index (χ3v) is 2.88. The van der Waals surface area contributed by atoms with E-state index in [0.717, 1.165) is 6.07 Å². The van der Waals surface area contributed by atoms with E-state index in [2.05, 4.69) is 15.9 Å². The van der Waals surface area contributed by atoms with Crippen LogP contribution in [0.2, 0.25) is 0 Å². The summed E-state index contributed by atoms with van der Waals surface area (Å²) < 4.78 is 45.0. The second-order valence-corrected chi connectivity index (χ2v) is 4.69. The summed E-state index contributed by atoms with van der Waals surface area (Å²) in [6, 6.07) is 7.84. The number of nitrogens with two attached hydrogens (primary N) is 1. The molecule has 2 aromatic rings. The van der Waals surface area contributed by atoms with Gasteiger partial charge in [0.25, 0.3) is 6.43 Å². The number of hydrogen-bond donors (Lipinski definition) is 1. The smallest absolute Gasteiger partial charge is 0.267 e. The van der Waals surface area contributed by atoms with Crippen molar-refractivity contribution in [3.8, 4) is 11.5 Å². The van der Waals surface area contributed by atoms with Crippen LogP contribution in [-0.2, 0) is 0 Å². The van der Waals surface area contributed by atoms with Gasteiger partial charge in [0.1, 0.15) is 5.75 Å². The molecule has 0 aromatic heterocycles. The van der Waals surface area contributed by atoms with Crippen LogP contribution in [0.1, 0.15) is 12.0 Å². The first-order chi connectivity index (χ1) is 8.97. The van der Waals surface area contributed by atoms with Crippen molar-refractivity contribution in [1.82, 2.24) is 0 Å². The van der Waals surface area contributed by atoms with Crippen molar-refractivity contribution in [3.05, 3.63) is 52.3 Å². The summed E-state index contributed by atoms with van der Waals surface area (Å²) >= 11 is 3.15. The van der Waals surface area contributed by atoms with Crippen LogP contribution >= 0.6 is 15.9 Å². The van der Waals surface area contributed by atoms with Gasteiger partial charge in [0, 0.05) is 10.2 Å². The van der Waals surface area contributed by atoms with Gasteiger partial charge in [0.05, 0.1) is 5.56 Å². The SMILES string of the molecule is Nc1ccc(Oc2cc(Br)ccc2F)c(C(F)F)c1. The maximum atomic E-state index is 13.5. The van der Waals surface area contributed by atoms with Crippen LogP contribution in [0.5, 0.6) is 11.5 Å². The largest absolute Gasteiger partial charge is 0.454 e. The van der Waals surface area contributed by atoms with Crippen molar-refractivity contribution in [1.29, 1.82) is 0 Å². The van der Waals surface area contributed by atoms with E-state index >= 15 is 0 Å². The molecule has 0 saturated heterocycles. The van der Waals surface area contributed by atoms with Crippen molar-refractivity contribution in [2.75, 3.05) is 5.73 Å². The van der Waals surface area contributed by atoms with Crippen LogP contribution in [0.3, 0.4) is 0 Å². The molecular formula is C13H9BrF3NO. The molecule has 0 aliphatic carbocycles. The fourth-order valence-electron chi connectivity index (χ4n) is 1.50. The molecular weight excluding hydrogens is 323 g/mol. The predicted octanol–water partition coefficient (Wildman–Crippen LogP) is 4.90. The van der Waals surface area contributed by atoms with Crippen LogP contribution in [0, 0.1) is 5.82 Å². The van der Waals surface area contributed by atoms with E-state index in [1.807, 2.05) is 0 Å². The fraction of sp³-hybridized carbons (Fsp3) is 0.0769. The summed E-state index contributed by atoms with van der Waals surface area (Å²) in [5, 5.41) is 0. The second-order valence-electron chi connectivity index (χ2n) is 3.77. The maximum absolute atomic E-state index is 13.5. The zero-order valence-electron chi connectivity index (χ0n) is 9.54. The normalized spacial score (nSPS) is 10.8. The molecule has 2 nitrogen and oxygen atoms in total. The second kappa shape index (κ2) is 5.52. The van der Waals surface area contributed by atoms with Gasteiger partial charge < -0.3 is 10.5 Å². The monoisotopic (exact) mass is 331 g/mol. The molecule has 0 spiro atoms. The summed E-state index contributed by atoms with van der Waals surface area (Å²) in [6.07, 6.45) is -2.76. The Labute approximate surface area is 116 Å². The van der Waals surface area contributed by atoms with Gasteiger partial charge >= 0.3 is 0 Å². The quantitative estimate of drug-likeness (QED) is 0.812. The Hall–Kier alpha value is -1.69. The number of rotatable bonds is 3. The highest BCUT2D eigenvalue weighted by Crippen LogP contribution is 2.35. The van der Waals surface area contributed by atoms with E-state index in [4.69, 9.17) is 10.5 Å². The molecule has 0 fully saturated rings. The lowest BCUT2D eigenvalue weighted by Crippen LogP contribution is -1.96. The number of hydrogen-bond acceptors (Lipinski definition) is 2. The van der Waals surface area contributed by atoms with Crippen LogP contribution in [0.25, 0.3) is 0 Å². The number of ether oxygens (including phenoxy) is 1. The molecule has 0 unspecified atom stereocenters. The van der Waals surface area contributed by atoms with Crippen molar-refractivity contribution < 1.29 is 17.9 Å². The molecule has 0 amide bonds. The molecule has 19 heavy (non-hydrogen) atoms. The van der Waals surface area contributed by atoms with Crippen LogP contribution < -0.4 is 10.5 Å². The minimum atomic E-state index is -2.76. The highest BCUT2D eigenvalue weighted by atomic mass is 79.9. The Morgan fingerprint density at radius 2 is 1.79 bits per heavy atom. The molecule has 2 N–H and O–H groups in total. The molecule has 2 rings (SSSR count). The number of nitrogen functional groups attached to an aromatic ring is 1. The minimum absolute atomic E-state index is 0.124. The predicted molar refractivity (Wildman–Crippen MR) is 70.0 cm³/mol. The Kier molecular flexibility index (Phi) is 3.99. The Morgan fingerprint density at radius 3 is 2.47 bits per heavy atom. The lowest BCUT2D eigenvalue weighted by atomic mass is 10.2. The number of anilines is 1. The third-order valence-electron chi connectivity index (χ3n) is 2.38. The average molecular weight is 332 g/mol. The van der Waals surface area contributed by atoms with E-state index in [-0.39, 0.29) is 22.7 Å². The molecule has 0 aliphatic rings. The number of halogens is 4. The average Bonchev–Trinajstić information content (AvgIpc) is 2.35. The lowest BCUT2D eigenvalue weighted by molar-refractivity contribution is 0.148. The molecule has 0 aliphatic heterocycles. The Bertz CT molecular complexity index is 604.